The molecule has 1 heterocycles. The maximum absolute atomic E-state index is 13.8. The van der Waals surface area contributed by atoms with Gasteiger partial charge < -0.3 is 10.6 Å². The summed E-state index contributed by atoms with van der Waals surface area (Å²) in [7, 11) is 0. The fourth-order valence-corrected chi connectivity index (χ4v) is 1.94. The lowest BCUT2D eigenvalue weighted by Crippen LogP contribution is -2.03. The zero-order valence-electron chi connectivity index (χ0n) is 12.0. The lowest BCUT2D eigenvalue weighted by molar-refractivity contribution is 0.619. The molecule has 0 saturated heterocycles. The van der Waals surface area contributed by atoms with Crippen LogP contribution in [-0.4, -0.2) is 9.97 Å². The third-order valence-corrected chi connectivity index (χ3v) is 3.09. The Balaban J connectivity index is 1.81. The molecule has 2 aromatic carbocycles. The first-order valence-corrected chi connectivity index (χ1v) is 6.89. The Morgan fingerprint density at radius 3 is 2.27 bits per heavy atom. The van der Waals surface area contributed by atoms with Crippen molar-refractivity contribution in [1.29, 1.82) is 0 Å². The van der Waals surface area contributed by atoms with Crippen LogP contribution in [0.4, 0.5) is 27.5 Å². The van der Waals surface area contributed by atoms with Crippen LogP contribution in [0.1, 0.15) is 5.56 Å². The number of nitrogens with zero attached hydrogens (tertiary/aromatic N) is 2. The van der Waals surface area contributed by atoms with Gasteiger partial charge in [0.25, 0.3) is 0 Å². The normalized spacial score (nSPS) is 10.3. The number of aryl methyl sites for hydroxylation is 1. The van der Waals surface area contributed by atoms with Gasteiger partial charge in [0, 0.05) is 11.4 Å². The van der Waals surface area contributed by atoms with Crippen LogP contribution in [0.25, 0.3) is 0 Å². The number of anilines is 4. The molecule has 0 aliphatic heterocycles. The Bertz CT molecular complexity index is 757. The fraction of sp³-hybridized carbons (Fsp3) is 0.0588. The van der Waals surface area contributed by atoms with Crippen molar-refractivity contribution >= 4 is 23.1 Å². The molecule has 0 aliphatic carbocycles. The van der Waals surface area contributed by atoms with Crippen molar-refractivity contribution in [2.24, 2.45) is 0 Å². The average Bonchev–Trinajstić information content (AvgIpc) is 2.54. The van der Waals surface area contributed by atoms with Gasteiger partial charge in [-0.05, 0) is 31.2 Å². The zero-order valence-corrected chi connectivity index (χ0v) is 12.0. The molecule has 0 radical (unpaired) electrons. The van der Waals surface area contributed by atoms with Crippen LogP contribution >= 0.6 is 0 Å². The van der Waals surface area contributed by atoms with Crippen molar-refractivity contribution < 1.29 is 4.39 Å². The summed E-state index contributed by atoms with van der Waals surface area (Å²) in [5.41, 5.74) is 2.78. The van der Waals surface area contributed by atoms with Crippen LogP contribution in [0.15, 0.2) is 60.8 Å². The smallest absolute Gasteiger partial charge is 0.229 e. The highest BCUT2D eigenvalue weighted by Gasteiger charge is 2.07. The molecular weight excluding hydrogens is 279 g/mol. The predicted molar refractivity (Wildman–Crippen MR) is 86.2 cm³/mol. The number of para-hydroxylation sites is 1. The van der Waals surface area contributed by atoms with E-state index in [9.17, 15) is 4.39 Å². The number of halogens is 1. The molecule has 0 bridgehead atoms. The highest BCUT2D eigenvalue weighted by atomic mass is 19.1. The zero-order chi connectivity index (χ0) is 15.4. The third kappa shape index (κ3) is 3.38. The summed E-state index contributed by atoms with van der Waals surface area (Å²) in [6.07, 6.45) is 1.15. The monoisotopic (exact) mass is 294 g/mol. The van der Waals surface area contributed by atoms with E-state index in [-0.39, 0.29) is 5.82 Å². The molecule has 0 spiro atoms. The molecule has 0 unspecified atom stereocenters. The van der Waals surface area contributed by atoms with Crippen LogP contribution in [0.3, 0.4) is 0 Å². The van der Waals surface area contributed by atoms with Crippen LogP contribution in [0, 0.1) is 12.7 Å². The molecular formula is C17H15FN4. The lowest BCUT2D eigenvalue weighted by atomic mass is 10.2. The minimum absolute atomic E-state index is 0.135. The number of hydrogen-bond donors (Lipinski definition) is 2. The summed E-state index contributed by atoms with van der Waals surface area (Å²) < 4.78 is 13.8. The van der Waals surface area contributed by atoms with Gasteiger partial charge in [-0.15, -0.1) is 0 Å². The Hall–Kier alpha value is -2.95. The van der Waals surface area contributed by atoms with Crippen molar-refractivity contribution in [3.63, 3.8) is 0 Å². The van der Waals surface area contributed by atoms with E-state index in [1.807, 2.05) is 61.5 Å². The number of benzene rings is 2. The Kier molecular flexibility index (Phi) is 3.96. The molecule has 0 aliphatic rings. The van der Waals surface area contributed by atoms with Gasteiger partial charge in [-0.1, -0.05) is 35.9 Å². The van der Waals surface area contributed by atoms with Gasteiger partial charge in [0.2, 0.25) is 5.95 Å². The van der Waals surface area contributed by atoms with E-state index < -0.39 is 5.82 Å². The maximum Gasteiger partial charge on any atom is 0.229 e. The summed E-state index contributed by atoms with van der Waals surface area (Å²) >= 11 is 0. The molecule has 4 nitrogen and oxygen atoms in total. The van der Waals surface area contributed by atoms with E-state index in [0.29, 0.717) is 5.95 Å². The van der Waals surface area contributed by atoms with Crippen LogP contribution in [0.5, 0.6) is 0 Å². The second kappa shape index (κ2) is 6.22. The summed E-state index contributed by atoms with van der Waals surface area (Å²) in [5.74, 6) is -0.0298. The van der Waals surface area contributed by atoms with Crippen LogP contribution in [0.2, 0.25) is 0 Å². The van der Waals surface area contributed by atoms with Gasteiger partial charge in [-0.25, -0.2) is 9.37 Å². The van der Waals surface area contributed by atoms with E-state index in [2.05, 4.69) is 20.6 Å². The van der Waals surface area contributed by atoms with E-state index in [4.69, 9.17) is 0 Å². The second-order valence-electron chi connectivity index (χ2n) is 4.87. The minimum atomic E-state index is -0.502. The first-order chi connectivity index (χ1) is 10.7. The highest BCUT2D eigenvalue weighted by molar-refractivity contribution is 5.59. The molecule has 110 valence electrons. The second-order valence-corrected chi connectivity index (χ2v) is 4.87. The first-order valence-electron chi connectivity index (χ1n) is 6.89. The number of aromatic nitrogens is 2. The minimum Gasteiger partial charge on any atom is -0.338 e. The van der Waals surface area contributed by atoms with Crippen LogP contribution < -0.4 is 10.6 Å². The van der Waals surface area contributed by atoms with Gasteiger partial charge in [0.1, 0.15) is 0 Å². The Morgan fingerprint density at radius 1 is 0.864 bits per heavy atom. The molecule has 1 aromatic heterocycles. The van der Waals surface area contributed by atoms with Gasteiger partial charge >= 0.3 is 0 Å². The predicted octanol–water partition coefficient (Wildman–Crippen LogP) is 4.41. The Morgan fingerprint density at radius 2 is 1.55 bits per heavy atom. The van der Waals surface area contributed by atoms with Gasteiger partial charge in [0.05, 0.1) is 6.20 Å². The maximum atomic E-state index is 13.8. The van der Waals surface area contributed by atoms with Crippen LogP contribution in [-0.2, 0) is 0 Å². The standard InChI is InChI=1S/C17H15FN4/c1-12-7-9-14(10-8-12)21-17-19-11-15(18)16(22-17)20-13-5-3-2-4-6-13/h2-11H,1H3,(H2,19,20,21,22). The van der Waals surface area contributed by atoms with Crippen molar-refractivity contribution in [3.05, 3.63) is 72.2 Å². The Labute approximate surface area is 128 Å². The molecule has 5 heteroatoms. The van der Waals surface area contributed by atoms with Crippen molar-refractivity contribution in [2.45, 2.75) is 6.92 Å². The highest BCUT2D eigenvalue weighted by Crippen LogP contribution is 2.20. The molecule has 2 N–H and O–H groups in total. The number of hydrogen-bond acceptors (Lipinski definition) is 4. The van der Waals surface area contributed by atoms with E-state index in [1.165, 1.54) is 0 Å². The quantitative estimate of drug-likeness (QED) is 0.748. The van der Waals surface area contributed by atoms with Crippen molar-refractivity contribution in [2.75, 3.05) is 10.6 Å². The number of nitrogens with one attached hydrogen (secondary N) is 2. The molecule has 0 saturated carbocycles. The molecule has 0 atom stereocenters. The SMILES string of the molecule is Cc1ccc(Nc2ncc(F)c(Nc3ccccc3)n2)cc1. The summed E-state index contributed by atoms with van der Waals surface area (Å²) in [6.45, 7) is 2.01. The van der Waals surface area contributed by atoms with E-state index in [1.54, 1.807) is 0 Å². The molecule has 0 fully saturated rings. The summed E-state index contributed by atoms with van der Waals surface area (Å²) in [4.78, 5) is 8.14. The molecule has 3 rings (SSSR count). The van der Waals surface area contributed by atoms with E-state index >= 15 is 0 Å². The largest absolute Gasteiger partial charge is 0.338 e. The van der Waals surface area contributed by atoms with Gasteiger partial charge in [-0.3, -0.25) is 0 Å². The molecule has 22 heavy (non-hydrogen) atoms. The van der Waals surface area contributed by atoms with Crippen molar-refractivity contribution in [1.82, 2.24) is 9.97 Å². The first kappa shape index (κ1) is 14.0. The van der Waals surface area contributed by atoms with Gasteiger partial charge in [-0.2, -0.15) is 4.98 Å². The van der Waals surface area contributed by atoms with Gasteiger partial charge in [0.15, 0.2) is 11.6 Å². The average molecular weight is 294 g/mol. The fourth-order valence-electron chi connectivity index (χ4n) is 1.94. The third-order valence-electron chi connectivity index (χ3n) is 3.09. The summed E-state index contributed by atoms with van der Waals surface area (Å²) in [5, 5.41) is 6.00. The van der Waals surface area contributed by atoms with Crippen molar-refractivity contribution in [3.8, 4) is 0 Å². The lowest BCUT2D eigenvalue weighted by Gasteiger charge is -2.09. The van der Waals surface area contributed by atoms with E-state index in [0.717, 1.165) is 23.1 Å². The number of rotatable bonds is 4. The molecule has 3 aromatic rings. The molecule has 0 amide bonds. The topological polar surface area (TPSA) is 49.8 Å². The summed E-state index contributed by atoms with van der Waals surface area (Å²) in [6, 6.07) is 17.1.